The fraction of sp³-hybridized carbons (Fsp3) is 0.333. The summed E-state index contributed by atoms with van der Waals surface area (Å²) in [5.41, 5.74) is -2.04. The predicted octanol–water partition coefficient (Wildman–Crippen LogP) is 2.18. The third kappa shape index (κ3) is 3.58. The molecule has 1 aromatic heterocycles. The van der Waals surface area contributed by atoms with E-state index in [1.54, 1.807) is 26.8 Å². The molecule has 0 unspecified atom stereocenters. The molecule has 0 radical (unpaired) electrons. The number of carboxylic acids is 1. The normalized spacial score (nSPS) is 11.1. The van der Waals surface area contributed by atoms with E-state index in [0.717, 1.165) is 10.7 Å². The van der Waals surface area contributed by atoms with E-state index in [9.17, 15) is 19.5 Å². The van der Waals surface area contributed by atoms with Crippen molar-refractivity contribution in [3.8, 4) is 17.2 Å². The molecule has 0 aliphatic carbocycles. The summed E-state index contributed by atoms with van der Waals surface area (Å²) < 4.78 is 11.2. The maximum atomic E-state index is 12.5. The van der Waals surface area contributed by atoms with E-state index in [-0.39, 0.29) is 17.2 Å². The van der Waals surface area contributed by atoms with Gasteiger partial charge in [-0.05, 0) is 18.2 Å². The zero-order valence-electron chi connectivity index (χ0n) is 15.2. The SMILES string of the molecule is COc1ccc(-n2nc(C(=O)C(C)(C)C)cc(C(=O)O)c2=O)cc1OC. The summed E-state index contributed by atoms with van der Waals surface area (Å²) in [6, 6.07) is 5.56. The highest BCUT2D eigenvalue weighted by Gasteiger charge is 2.27. The summed E-state index contributed by atoms with van der Waals surface area (Å²) in [6.45, 7) is 5.05. The maximum Gasteiger partial charge on any atom is 0.341 e. The minimum Gasteiger partial charge on any atom is -0.493 e. The smallest absolute Gasteiger partial charge is 0.341 e. The number of benzene rings is 1. The van der Waals surface area contributed by atoms with E-state index in [2.05, 4.69) is 5.10 Å². The van der Waals surface area contributed by atoms with Crippen molar-refractivity contribution in [2.45, 2.75) is 20.8 Å². The second-order valence-corrected chi connectivity index (χ2v) is 6.58. The number of ether oxygens (including phenoxy) is 2. The number of aromatic nitrogens is 2. The molecule has 26 heavy (non-hydrogen) atoms. The van der Waals surface area contributed by atoms with Crippen LogP contribution in [0.1, 0.15) is 41.6 Å². The fourth-order valence-corrected chi connectivity index (χ4v) is 2.27. The first-order valence-corrected chi connectivity index (χ1v) is 7.75. The second kappa shape index (κ2) is 6.99. The lowest BCUT2D eigenvalue weighted by Gasteiger charge is -2.17. The van der Waals surface area contributed by atoms with Gasteiger partial charge in [-0.2, -0.15) is 9.78 Å². The van der Waals surface area contributed by atoms with E-state index < -0.39 is 22.5 Å². The summed E-state index contributed by atoms with van der Waals surface area (Å²) in [5.74, 6) is -1.04. The molecular formula is C18H20N2O6. The first kappa shape index (κ1) is 19.2. The number of carbonyl (C=O) groups excluding carboxylic acids is 1. The Hall–Kier alpha value is -3.16. The Morgan fingerprint density at radius 3 is 2.19 bits per heavy atom. The van der Waals surface area contributed by atoms with Gasteiger partial charge in [-0.25, -0.2) is 4.79 Å². The monoisotopic (exact) mass is 360 g/mol. The molecule has 138 valence electrons. The highest BCUT2D eigenvalue weighted by molar-refractivity contribution is 5.99. The van der Waals surface area contributed by atoms with Crippen LogP contribution >= 0.6 is 0 Å². The van der Waals surface area contributed by atoms with Crippen LogP contribution in [0.2, 0.25) is 0 Å². The van der Waals surface area contributed by atoms with Crippen LogP contribution in [0.3, 0.4) is 0 Å². The van der Waals surface area contributed by atoms with Crippen LogP contribution in [0.4, 0.5) is 0 Å². The van der Waals surface area contributed by atoms with Crippen LogP contribution < -0.4 is 15.0 Å². The molecule has 0 atom stereocenters. The molecule has 0 saturated carbocycles. The molecule has 0 fully saturated rings. The average molecular weight is 360 g/mol. The van der Waals surface area contributed by atoms with Gasteiger partial charge in [0.2, 0.25) is 0 Å². The second-order valence-electron chi connectivity index (χ2n) is 6.58. The lowest BCUT2D eigenvalue weighted by atomic mass is 9.88. The highest BCUT2D eigenvalue weighted by atomic mass is 16.5. The zero-order valence-corrected chi connectivity index (χ0v) is 15.2. The van der Waals surface area contributed by atoms with Gasteiger partial charge in [0.1, 0.15) is 11.3 Å². The first-order valence-electron chi connectivity index (χ1n) is 7.75. The van der Waals surface area contributed by atoms with Crippen molar-refractivity contribution in [3.63, 3.8) is 0 Å². The van der Waals surface area contributed by atoms with E-state index in [4.69, 9.17) is 9.47 Å². The molecule has 1 heterocycles. The number of ketones is 1. The predicted molar refractivity (Wildman–Crippen MR) is 93.7 cm³/mol. The van der Waals surface area contributed by atoms with Crippen molar-refractivity contribution in [2.75, 3.05) is 14.2 Å². The Morgan fingerprint density at radius 2 is 1.69 bits per heavy atom. The number of hydrogen-bond acceptors (Lipinski definition) is 6. The van der Waals surface area contributed by atoms with Gasteiger partial charge in [0.05, 0.1) is 19.9 Å². The largest absolute Gasteiger partial charge is 0.493 e. The quantitative estimate of drug-likeness (QED) is 0.814. The molecule has 0 aliphatic rings. The summed E-state index contributed by atoms with van der Waals surface area (Å²) >= 11 is 0. The number of Topliss-reactive ketones (excluding diaryl/α,β-unsaturated/α-hetero) is 1. The highest BCUT2D eigenvalue weighted by Crippen LogP contribution is 2.28. The van der Waals surface area contributed by atoms with Gasteiger partial charge in [-0.1, -0.05) is 20.8 Å². The van der Waals surface area contributed by atoms with E-state index in [1.165, 1.54) is 26.4 Å². The molecule has 0 bridgehead atoms. The van der Waals surface area contributed by atoms with Crippen LogP contribution in [0, 0.1) is 5.41 Å². The first-order chi connectivity index (χ1) is 12.1. The van der Waals surface area contributed by atoms with E-state index >= 15 is 0 Å². The zero-order chi connectivity index (χ0) is 19.6. The molecule has 0 spiro atoms. The molecule has 8 nitrogen and oxygen atoms in total. The van der Waals surface area contributed by atoms with Gasteiger partial charge < -0.3 is 14.6 Å². The Bertz CT molecular complexity index is 924. The molecule has 0 amide bonds. The number of carboxylic acid groups (broad SMARTS) is 1. The molecular weight excluding hydrogens is 340 g/mol. The van der Waals surface area contributed by atoms with Gasteiger partial charge in [0.15, 0.2) is 17.3 Å². The van der Waals surface area contributed by atoms with Crippen molar-refractivity contribution < 1.29 is 24.2 Å². The number of methoxy groups -OCH3 is 2. The maximum absolute atomic E-state index is 12.5. The van der Waals surface area contributed by atoms with Crippen LogP contribution in [0.25, 0.3) is 5.69 Å². The molecule has 2 rings (SSSR count). The summed E-state index contributed by atoms with van der Waals surface area (Å²) in [4.78, 5) is 36.5. The number of hydrogen-bond donors (Lipinski definition) is 1. The lowest BCUT2D eigenvalue weighted by Crippen LogP contribution is -2.31. The van der Waals surface area contributed by atoms with Gasteiger partial charge in [0.25, 0.3) is 5.56 Å². The van der Waals surface area contributed by atoms with Gasteiger partial charge in [0, 0.05) is 11.5 Å². The van der Waals surface area contributed by atoms with Crippen molar-refractivity contribution in [1.29, 1.82) is 0 Å². The lowest BCUT2D eigenvalue weighted by molar-refractivity contribution is 0.0694. The Balaban J connectivity index is 2.76. The molecule has 1 aromatic carbocycles. The van der Waals surface area contributed by atoms with E-state index in [1.807, 2.05) is 0 Å². The van der Waals surface area contributed by atoms with Crippen LogP contribution in [-0.2, 0) is 0 Å². The van der Waals surface area contributed by atoms with E-state index in [0.29, 0.717) is 11.5 Å². The van der Waals surface area contributed by atoms with Crippen molar-refractivity contribution >= 4 is 11.8 Å². The number of rotatable bonds is 5. The Kier molecular flexibility index (Phi) is 5.15. The molecule has 2 aromatic rings. The standard InChI is InChI=1S/C18H20N2O6/c1-18(2,3)15(21)12-9-11(17(23)24)16(22)20(19-12)10-6-7-13(25-4)14(8-10)26-5/h6-9H,1-5H3,(H,23,24). The van der Waals surface area contributed by atoms with Gasteiger partial charge in [-0.15, -0.1) is 0 Å². The van der Waals surface area contributed by atoms with Crippen LogP contribution in [0.15, 0.2) is 29.1 Å². The summed E-state index contributed by atoms with van der Waals surface area (Å²) in [5, 5.41) is 13.4. The summed E-state index contributed by atoms with van der Waals surface area (Å²) in [6.07, 6.45) is 0. The summed E-state index contributed by atoms with van der Waals surface area (Å²) in [7, 11) is 2.90. The minimum atomic E-state index is -1.44. The fourth-order valence-electron chi connectivity index (χ4n) is 2.27. The van der Waals surface area contributed by atoms with Gasteiger partial charge in [-0.3, -0.25) is 9.59 Å². The third-order valence-corrected chi connectivity index (χ3v) is 3.67. The molecule has 0 saturated heterocycles. The molecule has 1 N–H and O–H groups in total. The van der Waals surface area contributed by atoms with Crippen molar-refractivity contribution in [2.24, 2.45) is 5.41 Å². The topological polar surface area (TPSA) is 108 Å². The number of nitrogens with zero attached hydrogens (tertiary/aromatic N) is 2. The average Bonchev–Trinajstić information content (AvgIpc) is 2.59. The van der Waals surface area contributed by atoms with Gasteiger partial charge >= 0.3 is 5.97 Å². The van der Waals surface area contributed by atoms with Crippen LogP contribution in [-0.4, -0.2) is 40.9 Å². The minimum absolute atomic E-state index is 0.107. The molecule has 0 aliphatic heterocycles. The number of aromatic carboxylic acids is 1. The Labute approximate surface area is 150 Å². The van der Waals surface area contributed by atoms with Crippen molar-refractivity contribution in [3.05, 3.63) is 45.9 Å². The molecule has 8 heteroatoms. The third-order valence-electron chi connectivity index (χ3n) is 3.67. The van der Waals surface area contributed by atoms with Crippen molar-refractivity contribution in [1.82, 2.24) is 9.78 Å². The number of carbonyl (C=O) groups is 2. The Morgan fingerprint density at radius 1 is 1.08 bits per heavy atom. The van der Waals surface area contributed by atoms with Crippen LogP contribution in [0.5, 0.6) is 11.5 Å².